The second-order valence-corrected chi connectivity index (χ2v) is 8.03. The summed E-state index contributed by atoms with van der Waals surface area (Å²) in [7, 11) is 1.64. The molecule has 0 heterocycles. The molecule has 2 atom stereocenters. The van der Waals surface area contributed by atoms with Gasteiger partial charge in [-0.2, -0.15) is 0 Å². The molecular formula is C24H33NO3. The number of hydrogen-bond acceptors (Lipinski definition) is 3. The van der Waals surface area contributed by atoms with Gasteiger partial charge in [0.05, 0.1) is 13.2 Å². The van der Waals surface area contributed by atoms with Gasteiger partial charge in [0.25, 0.3) is 5.91 Å². The fraction of sp³-hybridized carbons (Fsp3) is 0.458. The van der Waals surface area contributed by atoms with E-state index < -0.39 is 6.10 Å². The molecule has 0 saturated carbocycles. The van der Waals surface area contributed by atoms with Gasteiger partial charge in [-0.15, -0.1) is 0 Å². The van der Waals surface area contributed by atoms with E-state index in [2.05, 4.69) is 45.1 Å². The minimum atomic E-state index is -0.521. The summed E-state index contributed by atoms with van der Waals surface area (Å²) in [5.74, 6) is 1.43. The molecule has 0 fully saturated rings. The van der Waals surface area contributed by atoms with E-state index in [4.69, 9.17) is 9.47 Å². The minimum absolute atomic E-state index is 0.0562. The summed E-state index contributed by atoms with van der Waals surface area (Å²) in [6, 6.07) is 15.7. The number of ether oxygens (including phenoxy) is 2. The van der Waals surface area contributed by atoms with Crippen LogP contribution in [0, 0.1) is 0 Å². The van der Waals surface area contributed by atoms with E-state index >= 15 is 0 Å². The second-order valence-electron chi connectivity index (χ2n) is 8.03. The lowest BCUT2D eigenvalue weighted by Crippen LogP contribution is -2.39. The molecule has 0 saturated heterocycles. The summed E-state index contributed by atoms with van der Waals surface area (Å²) >= 11 is 0. The van der Waals surface area contributed by atoms with E-state index in [-0.39, 0.29) is 17.4 Å². The summed E-state index contributed by atoms with van der Waals surface area (Å²) in [5, 5.41) is 3.12. The second kappa shape index (κ2) is 9.63. The van der Waals surface area contributed by atoms with Crippen LogP contribution in [-0.2, 0) is 10.2 Å². The van der Waals surface area contributed by atoms with Gasteiger partial charge in [-0.3, -0.25) is 4.79 Å². The zero-order valence-corrected chi connectivity index (χ0v) is 17.9. The fourth-order valence-electron chi connectivity index (χ4n) is 3.04. The number of methoxy groups -OCH3 is 1. The molecule has 0 bridgehead atoms. The Morgan fingerprint density at radius 2 is 1.50 bits per heavy atom. The van der Waals surface area contributed by atoms with Gasteiger partial charge in [0.2, 0.25) is 0 Å². The van der Waals surface area contributed by atoms with E-state index in [1.807, 2.05) is 43.3 Å². The van der Waals surface area contributed by atoms with E-state index in [0.29, 0.717) is 12.2 Å². The molecule has 2 rings (SSSR count). The average molecular weight is 384 g/mol. The third kappa shape index (κ3) is 5.75. The molecule has 2 aromatic rings. The number of carbonyl (C=O) groups excluding carboxylic acids is 1. The SMILES string of the molecule is CCC(Oc1ccc(C(C)(C)C)cc1)C(=O)NC(CC)c1ccc(OC)cc1. The quantitative estimate of drug-likeness (QED) is 0.662. The van der Waals surface area contributed by atoms with Crippen LogP contribution in [0.5, 0.6) is 11.5 Å². The molecule has 0 aliphatic carbocycles. The van der Waals surface area contributed by atoms with Crippen LogP contribution in [0.25, 0.3) is 0 Å². The van der Waals surface area contributed by atoms with E-state index in [1.54, 1.807) is 7.11 Å². The monoisotopic (exact) mass is 383 g/mol. The molecule has 0 aliphatic rings. The Hall–Kier alpha value is -2.49. The first-order valence-electron chi connectivity index (χ1n) is 10.00. The van der Waals surface area contributed by atoms with Crippen LogP contribution >= 0.6 is 0 Å². The van der Waals surface area contributed by atoms with Crippen molar-refractivity contribution in [3.63, 3.8) is 0 Å². The Kier molecular flexibility index (Phi) is 7.50. The first-order chi connectivity index (χ1) is 13.3. The van der Waals surface area contributed by atoms with Gasteiger partial charge in [-0.1, -0.05) is 58.9 Å². The third-order valence-electron chi connectivity index (χ3n) is 4.90. The Labute approximate surface area is 169 Å². The molecule has 1 N–H and O–H groups in total. The summed E-state index contributed by atoms with van der Waals surface area (Å²) in [5.41, 5.74) is 2.39. The van der Waals surface area contributed by atoms with Crippen molar-refractivity contribution in [2.45, 2.75) is 65.0 Å². The number of rotatable bonds is 8. The van der Waals surface area contributed by atoms with Gasteiger partial charge in [-0.25, -0.2) is 0 Å². The van der Waals surface area contributed by atoms with Crippen molar-refractivity contribution >= 4 is 5.91 Å². The van der Waals surface area contributed by atoms with Crippen molar-refractivity contribution in [2.24, 2.45) is 0 Å². The van der Waals surface area contributed by atoms with Crippen molar-refractivity contribution < 1.29 is 14.3 Å². The van der Waals surface area contributed by atoms with Gasteiger partial charge in [0, 0.05) is 0 Å². The number of hydrogen-bond donors (Lipinski definition) is 1. The lowest BCUT2D eigenvalue weighted by molar-refractivity contribution is -0.128. The van der Waals surface area contributed by atoms with E-state index in [9.17, 15) is 4.79 Å². The highest BCUT2D eigenvalue weighted by atomic mass is 16.5. The zero-order valence-electron chi connectivity index (χ0n) is 17.9. The minimum Gasteiger partial charge on any atom is -0.497 e. The van der Waals surface area contributed by atoms with Crippen LogP contribution in [0.2, 0.25) is 0 Å². The maximum atomic E-state index is 12.8. The number of carbonyl (C=O) groups is 1. The van der Waals surface area contributed by atoms with Crippen LogP contribution in [0.4, 0.5) is 0 Å². The van der Waals surface area contributed by atoms with Gasteiger partial charge < -0.3 is 14.8 Å². The molecule has 152 valence electrons. The molecule has 28 heavy (non-hydrogen) atoms. The molecule has 0 spiro atoms. The van der Waals surface area contributed by atoms with E-state index in [0.717, 1.165) is 17.7 Å². The highest BCUT2D eigenvalue weighted by Gasteiger charge is 2.22. The highest BCUT2D eigenvalue weighted by Crippen LogP contribution is 2.25. The molecular weight excluding hydrogens is 350 g/mol. The van der Waals surface area contributed by atoms with Crippen molar-refractivity contribution in [1.29, 1.82) is 0 Å². The van der Waals surface area contributed by atoms with E-state index in [1.165, 1.54) is 5.56 Å². The molecule has 0 aliphatic heterocycles. The Morgan fingerprint density at radius 3 is 1.96 bits per heavy atom. The summed E-state index contributed by atoms with van der Waals surface area (Å²) < 4.78 is 11.2. The maximum Gasteiger partial charge on any atom is 0.261 e. The first kappa shape index (κ1) is 21.8. The van der Waals surface area contributed by atoms with Crippen LogP contribution < -0.4 is 14.8 Å². The summed E-state index contributed by atoms with van der Waals surface area (Å²) in [6.45, 7) is 10.5. The maximum absolute atomic E-state index is 12.8. The third-order valence-corrected chi connectivity index (χ3v) is 4.90. The lowest BCUT2D eigenvalue weighted by atomic mass is 9.87. The Morgan fingerprint density at radius 1 is 0.929 bits per heavy atom. The Balaban J connectivity index is 2.04. The number of amides is 1. The molecule has 2 unspecified atom stereocenters. The lowest BCUT2D eigenvalue weighted by Gasteiger charge is -2.23. The average Bonchev–Trinajstić information content (AvgIpc) is 2.69. The van der Waals surface area contributed by atoms with Gasteiger partial charge in [0.15, 0.2) is 6.10 Å². The smallest absolute Gasteiger partial charge is 0.261 e. The molecule has 4 heteroatoms. The predicted octanol–water partition coefficient (Wildman–Crippen LogP) is 5.42. The largest absolute Gasteiger partial charge is 0.497 e. The van der Waals surface area contributed by atoms with Crippen LogP contribution in [0.1, 0.15) is 64.6 Å². The summed E-state index contributed by atoms with van der Waals surface area (Å²) in [4.78, 5) is 12.8. The van der Waals surface area contributed by atoms with Gasteiger partial charge in [-0.05, 0) is 53.6 Å². The first-order valence-corrected chi connectivity index (χ1v) is 10.00. The zero-order chi connectivity index (χ0) is 20.7. The van der Waals surface area contributed by atoms with Gasteiger partial charge in [0.1, 0.15) is 11.5 Å². The predicted molar refractivity (Wildman–Crippen MR) is 114 cm³/mol. The molecule has 1 amide bonds. The van der Waals surface area contributed by atoms with Crippen LogP contribution in [0.3, 0.4) is 0 Å². The van der Waals surface area contributed by atoms with Crippen molar-refractivity contribution in [3.05, 3.63) is 59.7 Å². The molecule has 0 aromatic heterocycles. The number of nitrogens with one attached hydrogen (secondary N) is 1. The molecule has 0 radical (unpaired) electrons. The van der Waals surface area contributed by atoms with Crippen molar-refractivity contribution in [2.75, 3.05) is 7.11 Å². The standard InChI is InChI=1S/C24H33NO3/c1-7-21(17-9-13-19(27-6)14-10-17)25-23(26)22(8-2)28-20-15-11-18(12-16-20)24(3,4)5/h9-16,21-22H,7-8H2,1-6H3,(H,25,26). The normalized spacial score (nSPS) is 13.5. The Bertz CT molecular complexity index is 745. The highest BCUT2D eigenvalue weighted by molar-refractivity contribution is 5.81. The topological polar surface area (TPSA) is 47.6 Å². The summed E-state index contributed by atoms with van der Waals surface area (Å²) in [6.07, 6.45) is 0.883. The van der Waals surface area contributed by atoms with Crippen LogP contribution in [0.15, 0.2) is 48.5 Å². The molecule has 2 aromatic carbocycles. The van der Waals surface area contributed by atoms with Gasteiger partial charge >= 0.3 is 0 Å². The molecule has 4 nitrogen and oxygen atoms in total. The number of benzene rings is 2. The van der Waals surface area contributed by atoms with Crippen molar-refractivity contribution in [1.82, 2.24) is 5.32 Å². The van der Waals surface area contributed by atoms with Crippen molar-refractivity contribution in [3.8, 4) is 11.5 Å². The van der Waals surface area contributed by atoms with Crippen LogP contribution in [-0.4, -0.2) is 19.1 Å². The fourth-order valence-corrected chi connectivity index (χ4v) is 3.04.